The third kappa shape index (κ3) is 7.37. The average molecular weight is 584 g/mol. The fraction of sp³-hybridized carbons (Fsp3) is 0.400. The van der Waals surface area contributed by atoms with E-state index in [4.69, 9.17) is 19.2 Å². The summed E-state index contributed by atoms with van der Waals surface area (Å²) in [6.45, 7) is 10.9. The van der Waals surface area contributed by atoms with Crippen molar-refractivity contribution >= 4 is 28.8 Å². The van der Waals surface area contributed by atoms with Gasteiger partial charge in [-0.2, -0.15) is 0 Å². The van der Waals surface area contributed by atoms with E-state index in [2.05, 4.69) is 41.8 Å². The molecule has 1 unspecified atom stereocenters. The summed E-state index contributed by atoms with van der Waals surface area (Å²) in [5.41, 5.74) is 4.60. The summed E-state index contributed by atoms with van der Waals surface area (Å²) in [5.74, 6) is 1.22. The Hall–Kier alpha value is -4.33. The van der Waals surface area contributed by atoms with Gasteiger partial charge in [-0.1, -0.05) is 35.9 Å². The molecule has 8 nitrogen and oxygen atoms in total. The van der Waals surface area contributed by atoms with Crippen LogP contribution in [0.4, 0.5) is 10.6 Å². The Kier molecular flexibility index (Phi) is 9.04. The number of rotatable bonds is 9. The minimum absolute atomic E-state index is 0.181. The molecule has 8 heteroatoms. The Morgan fingerprint density at radius 3 is 2.56 bits per heavy atom. The van der Waals surface area contributed by atoms with E-state index in [0.29, 0.717) is 32.0 Å². The summed E-state index contributed by atoms with van der Waals surface area (Å²) in [5, 5.41) is 1.03. The van der Waals surface area contributed by atoms with Crippen LogP contribution >= 0.6 is 0 Å². The number of nitrogens with zero attached hydrogens (tertiary/aromatic N) is 3. The molecule has 5 rings (SSSR count). The highest BCUT2D eigenvalue weighted by atomic mass is 16.6. The quantitative estimate of drug-likeness (QED) is 0.194. The van der Waals surface area contributed by atoms with E-state index in [0.717, 1.165) is 46.3 Å². The Balaban J connectivity index is 1.28. The number of hydrogen-bond donors (Lipinski definition) is 0. The van der Waals surface area contributed by atoms with Gasteiger partial charge in [0.05, 0.1) is 25.7 Å². The van der Waals surface area contributed by atoms with Crippen molar-refractivity contribution in [2.75, 3.05) is 24.7 Å². The number of fused-ring (bicyclic) bond motifs is 2. The molecule has 1 aliphatic rings. The zero-order chi connectivity index (χ0) is 30.6. The molecule has 0 aliphatic carbocycles. The molecule has 0 spiro atoms. The maximum absolute atomic E-state index is 12.8. The second kappa shape index (κ2) is 12.9. The highest BCUT2D eigenvalue weighted by Gasteiger charge is 2.28. The van der Waals surface area contributed by atoms with E-state index >= 15 is 0 Å². The molecule has 1 atom stereocenters. The van der Waals surface area contributed by atoms with Crippen LogP contribution in [0, 0.1) is 6.92 Å². The summed E-state index contributed by atoms with van der Waals surface area (Å²) in [7, 11) is 0. The lowest BCUT2D eigenvalue weighted by Gasteiger charge is -2.31. The number of hydrogen-bond acceptors (Lipinski definition) is 6. The molecule has 0 bridgehead atoms. The number of esters is 1. The van der Waals surface area contributed by atoms with Crippen LogP contribution in [-0.2, 0) is 27.1 Å². The molecular formula is C35H41N3O5. The second-order valence-corrected chi connectivity index (χ2v) is 12.0. The maximum atomic E-state index is 12.8. The van der Waals surface area contributed by atoms with Crippen molar-refractivity contribution < 1.29 is 23.8 Å². The molecule has 4 aromatic rings. The Morgan fingerprint density at radius 1 is 1.02 bits per heavy atom. The molecule has 1 amide bonds. The third-order valence-corrected chi connectivity index (χ3v) is 7.49. The van der Waals surface area contributed by atoms with Crippen LogP contribution in [0.25, 0.3) is 10.9 Å². The van der Waals surface area contributed by atoms with Crippen LogP contribution < -0.4 is 9.64 Å². The molecular weight excluding hydrogens is 542 g/mol. The third-order valence-electron chi connectivity index (χ3n) is 7.49. The van der Waals surface area contributed by atoms with Crippen LogP contribution in [0.15, 0.2) is 66.9 Å². The van der Waals surface area contributed by atoms with Crippen molar-refractivity contribution in [1.82, 2.24) is 9.55 Å². The number of aryl methyl sites for hydroxylation is 2. The van der Waals surface area contributed by atoms with Crippen molar-refractivity contribution in [3.63, 3.8) is 0 Å². The van der Waals surface area contributed by atoms with Gasteiger partial charge < -0.3 is 18.8 Å². The van der Waals surface area contributed by atoms with E-state index in [1.165, 1.54) is 5.56 Å². The minimum atomic E-state index is -0.565. The lowest BCUT2D eigenvalue weighted by atomic mass is 10.0. The number of carbonyl (C=O) groups excluding carboxylic acids is 2. The van der Waals surface area contributed by atoms with Gasteiger partial charge in [0.15, 0.2) is 0 Å². The first-order valence-electron chi connectivity index (χ1n) is 15.1. The number of ether oxygens (including phenoxy) is 3. The molecule has 226 valence electrons. The van der Waals surface area contributed by atoms with Crippen LogP contribution in [0.1, 0.15) is 69.0 Å². The molecule has 0 saturated carbocycles. The number of pyridine rings is 1. The van der Waals surface area contributed by atoms with Crippen molar-refractivity contribution in [2.45, 2.75) is 71.9 Å². The van der Waals surface area contributed by atoms with Crippen molar-refractivity contribution in [2.24, 2.45) is 0 Å². The Labute approximate surface area is 253 Å². The zero-order valence-corrected chi connectivity index (χ0v) is 25.8. The largest absolute Gasteiger partial charge is 0.493 e. The summed E-state index contributed by atoms with van der Waals surface area (Å²) in [6, 6.07) is 20.2. The summed E-state index contributed by atoms with van der Waals surface area (Å²) >= 11 is 0. The lowest BCUT2D eigenvalue weighted by Crippen LogP contribution is -2.40. The number of amides is 1. The molecule has 0 saturated heterocycles. The predicted octanol–water partition coefficient (Wildman–Crippen LogP) is 7.20. The van der Waals surface area contributed by atoms with E-state index in [-0.39, 0.29) is 24.5 Å². The highest BCUT2D eigenvalue weighted by molar-refractivity contribution is 5.88. The van der Waals surface area contributed by atoms with Gasteiger partial charge in [-0.25, -0.2) is 9.78 Å². The van der Waals surface area contributed by atoms with Gasteiger partial charge in [0, 0.05) is 35.8 Å². The van der Waals surface area contributed by atoms with E-state index in [1.807, 2.05) is 64.2 Å². The summed E-state index contributed by atoms with van der Waals surface area (Å²) in [4.78, 5) is 31.8. The molecule has 2 aromatic heterocycles. The van der Waals surface area contributed by atoms with Crippen molar-refractivity contribution in [1.29, 1.82) is 0 Å². The number of aromatic nitrogens is 2. The SMILES string of the molecule is CCOC(=O)CC(c1ccc(C)cc1)n1ccc2cc(OCCc3ccc4c(n3)N(C(=O)OC(C)(C)C)CCC4)ccc21. The second-order valence-electron chi connectivity index (χ2n) is 12.0. The van der Waals surface area contributed by atoms with Crippen molar-refractivity contribution in [3.05, 3.63) is 89.2 Å². The lowest BCUT2D eigenvalue weighted by molar-refractivity contribution is -0.143. The maximum Gasteiger partial charge on any atom is 0.416 e. The number of carbonyl (C=O) groups is 2. The van der Waals surface area contributed by atoms with E-state index in [9.17, 15) is 9.59 Å². The zero-order valence-electron chi connectivity index (χ0n) is 25.8. The smallest absolute Gasteiger partial charge is 0.416 e. The predicted molar refractivity (Wildman–Crippen MR) is 168 cm³/mol. The molecule has 3 heterocycles. The molecule has 0 fully saturated rings. The first-order valence-corrected chi connectivity index (χ1v) is 15.1. The molecule has 2 aromatic carbocycles. The van der Waals surface area contributed by atoms with Gasteiger partial charge in [0.1, 0.15) is 17.2 Å². The molecule has 0 N–H and O–H groups in total. The van der Waals surface area contributed by atoms with Gasteiger partial charge in [-0.3, -0.25) is 9.69 Å². The fourth-order valence-electron chi connectivity index (χ4n) is 5.43. The van der Waals surface area contributed by atoms with E-state index in [1.54, 1.807) is 4.90 Å². The first-order chi connectivity index (χ1) is 20.6. The Bertz CT molecular complexity index is 1590. The Morgan fingerprint density at radius 2 is 1.81 bits per heavy atom. The molecule has 0 radical (unpaired) electrons. The highest BCUT2D eigenvalue weighted by Crippen LogP contribution is 2.31. The van der Waals surface area contributed by atoms with Gasteiger partial charge in [0.2, 0.25) is 0 Å². The van der Waals surface area contributed by atoms with Crippen LogP contribution in [0.2, 0.25) is 0 Å². The van der Waals surface area contributed by atoms with Crippen LogP contribution in [0.3, 0.4) is 0 Å². The average Bonchev–Trinajstić information content (AvgIpc) is 3.38. The molecule has 1 aliphatic heterocycles. The summed E-state index contributed by atoms with van der Waals surface area (Å²) in [6.07, 6.45) is 4.28. The van der Waals surface area contributed by atoms with Gasteiger partial charge in [-0.15, -0.1) is 0 Å². The standard InChI is InChI=1S/C35H41N3O5/c1-6-41-32(39)23-31(25-11-9-24(2)10-12-25)37-20-17-27-22-29(15-16-30(27)37)42-21-18-28-14-13-26-8-7-19-38(33(26)36-28)34(40)43-35(3,4)5/h9-17,20,22,31H,6-8,18-19,21,23H2,1-5H3. The van der Waals surface area contributed by atoms with Gasteiger partial charge in [-0.05, 0) is 88.9 Å². The van der Waals surface area contributed by atoms with Crippen LogP contribution in [-0.4, -0.2) is 47.0 Å². The molecule has 43 heavy (non-hydrogen) atoms. The van der Waals surface area contributed by atoms with Gasteiger partial charge >= 0.3 is 12.1 Å². The normalized spacial score (nSPS) is 13.8. The van der Waals surface area contributed by atoms with Gasteiger partial charge in [0.25, 0.3) is 0 Å². The van der Waals surface area contributed by atoms with Crippen molar-refractivity contribution in [3.8, 4) is 5.75 Å². The topological polar surface area (TPSA) is 82.9 Å². The number of anilines is 1. The first kappa shape index (κ1) is 30.1. The number of benzene rings is 2. The minimum Gasteiger partial charge on any atom is -0.493 e. The summed E-state index contributed by atoms with van der Waals surface area (Å²) < 4.78 is 19.2. The fourth-order valence-corrected chi connectivity index (χ4v) is 5.43. The monoisotopic (exact) mass is 583 g/mol. The van der Waals surface area contributed by atoms with Crippen LogP contribution in [0.5, 0.6) is 5.75 Å². The van der Waals surface area contributed by atoms with E-state index < -0.39 is 5.60 Å².